The zero-order chi connectivity index (χ0) is 29.4. The third-order valence-corrected chi connectivity index (χ3v) is 9.21. The molecule has 3 aliphatic rings. The summed E-state index contributed by atoms with van der Waals surface area (Å²) in [6.45, 7) is 3.55. The van der Waals surface area contributed by atoms with E-state index in [1.807, 2.05) is 4.90 Å². The van der Waals surface area contributed by atoms with E-state index in [1.165, 1.54) is 30.2 Å². The molecule has 1 atom stereocenters. The van der Waals surface area contributed by atoms with Crippen LogP contribution in [0, 0.1) is 17.2 Å². The van der Waals surface area contributed by atoms with Gasteiger partial charge in [-0.05, 0) is 94.8 Å². The third kappa shape index (κ3) is 5.78. The Balaban J connectivity index is 1.14. The van der Waals surface area contributed by atoms with Gasteiger partial charge in [0.15, 0.2) is 0 Å². The summed E-state index contributed by atoms with van der Waals surface area (Å²) in [5.74, 6) is -1.51. The van der Waals surface area contributed by atoms with Gasteiger partial charge in [-0.15, -0.1) is 0 Å². The topological polar surface area (TPSA) is 83.0 Å². The molecule has 3 heterocycles. The number of alkyl halides is 3. The van der Waals surface area contributed by atoms with E-state index in [0.717, 1.165) is 18.9 Å². The van der Waals surface area contributed by atoms with E-state index in [2.05, 4.69) is 4.98 Å². The maximum atomic E-state index is 15.0. The van der Waals surface area contributed by atoms with Crippen LogP contribution in [0.1, 0.15) is 62.2 Å². The number of nitrogens with zero attached hydrogens (tertiary/aromatic N) is 3. The van der Waals surface area contributed by atoms with Crippen molar-refractivity contribution in [2.75, 3.05) is 32.8 Å². The molecular formula is C30H35F4N3O4. The first-order valence-electron chi connectivity index (χ1n) is 14.2. The lowest BCUT2D eigenvalue weighted by Crippen LogP contribution is -2.53. The average Bonchev–Trinajstić information content (AvgIpc) is 3.32. The van der Waals surface area contributed by atoms with Gasteiger partial charge in [0.05, 0.1) is 23.9 Å². The van der Waals surface area contributed by atoms with Gasteiger partial charge in [-0.3, -0.25) is 9.78 Å². The molecule has 1 N–H and O–H groups in total. The van der Waals surface area contributed by atoms with Gasteiger partial charge in [-0.2, -0.15) is 13.2 Å². The van der Waals surface area contributed by atoms with Crippen LogP contribution >= 0.6 is 0 Å². The van der Waals surface area contributed by atoms with Crippen molar-refractivity contribution >= 4 is 11.9 Å². The number of hydrogen-bond donors (Lipinski definition) is 1. The SMILES string of the molecule is CC1(C(=O)O)CCCN1C(=O)c1ccc(-c2ccc(OCC3CCN(CC4(C(F)(F)F)CCC4)CC3)cn2)c(F)c1. The van der Waals surface area contributed by atoms with E-state index in [1.54, 1.807) is 12.1 Å². The Kier molecular flexibility index (Phi) is 8.02. The van der Waals surface area contributed by atoms with Crippen LogP contribution in [0.5, 0.6) is 5.75 Å². The predicted octanol–water partition coefficient (Wildman–Crippen LogP) is 5.79. The van der Waals surface area contributed by atoms with Crippen molar-refractivity contribution in [2.24, 2.45) is 11.3 Å². The number of aromatic nitrogens is 1. The quantitative estimate of drug-likeness (QED) is 0.400. The second-order valence-electron chi connectivity index (χ2n) is 11.9. The Bertz CT molecular complexity index is 1270. The Hall–Kier alpha value is -3.21. The molecule has 7 nitrogen and oxygen atoms in total. The van der Waals surface area contributed by atoms with Gasteiger partial charge in [-0.1, -0.05) is 6.42 Å². The predicted molar refractivity (Wildman–Crippen MR) is 143 cm³/mol. The van der Waals surface area contributed by atoms with Crippen molar-refractivity contribution in [3.8, 4) is 17.0 Å². The van der Waals surface area contributed by atoms with Crippen LogP contribution in [-0.2, 0) is 4.79 Å². The van der Waals surface area contributed by atoms with Gasteiger partial charge in [0.2, 0.25) is 0 Å². The number of carbonyl (C=O) groups is 2. The van der Waals surface area contributed by atoms with E-state index in [4.69, 9.17) is 4.74 Å². The number of amides is 1. The molecule has 1 amide bonds. The molecule has 0 bridgehead atoms. The molecule has 2 aromatic rings. The first kappa shape index (κ1) is 29.3. The van der Waals surface area contributed by atoms with Gasteiger partial charge < -0.3 is 19.6 Å². The molecule has 1 saturated carbocycles. The first-order chi connectivity index (χ1) is 19.4. The number of carbonyl (C=O) groups excluding carboxylic acids is 1. The molecule has 1 unspecified atom stereocenters. The van der Waals surface area contributed by atoms with Crippen LogP contribution in [0.15, 0.2) is 36.5 Å². The number of rotatable bonds is 8. The standard InChI is InChI=1S/C30H35F4N3O4/c1-28(27(39)40)10-3-13-37(28)26(38)21-4-6-23(24(31)16-21)25-7-5-22(17-35-25)41-18-20-8-14-36(15-9-20)19-29(11-2-12-29)30(32,33)34/h4-7,16-17,20H,2-3,8-15,18-19H2,1H3,(H,39,40). The summed E-state index contributed by atoms with van der Waals surface area (Å²) >= 11 is 0. The largest absolute Gasteiger partial charge is 0.492 e. The van der Waals surface area contributed by atoms with Gasteiger partial charge in [-0.25, -0.2) is 9.18 Å². The van der Waals surface area contributed by atoms with Crippen LogP contribution < -0.4 is 4.74 Å². The second-order valence-corrected chi connectivity index (χ2v) is 11.9. The normalized spacial score (nSPS) is 23.3. The highest BCUT2D eigenvalue weighted by molar-refractivity contribution is 5.98. The van der Waals surface area contributed by atoms with Crippen molar-refractivity contribution in [1.29, 1.82) is 0 Å². The molecule has 3 fully saturated rings. The van der Waals surface area contributed by atoms with Crippen LogP contribution in [-0.4, -0.2) is 76.3 Å². The molecular weight excluding hydrogens is 542 g/mol. The summed E-state index contributed by atoms with van der Waals surface area (Å²) in [5.41, 5.74) is -2.21. The van der Waals surface area contributed by atoms with Gasteiger partial charge in [0, 0.05) is 24.2 Å². The minimum atomic E-state index is -4.15. The Labute approximate surface area is 236 Å². The lowest BCUT2D eigenvalue weighted by atomic mass is 9.67. The summed E-state index contributed by atoms with van der Waals surface area (Å²) in [6.07, 6.45) is 0.863. The Morgan fingerprint density at radius 3 is 2.37 bits per heavy atom. The highest BCUT2D eigenvalue weighted by Crippen LogP contribution is 2.53. The lowest BCUT2D eigenvalue weighted by Gasteiger charge is -2.47. The van der Waals surface area contributed by atoms with Crippen LogP contribution in [0.3, 0.4) is 0 Å². The molecule has 0 radical (unpaired) electrons. The van der Waals surface area contributed by atoms with E-state index in [0.29, 0.717) is 56.9 Å². The fourth-order valence-corrected chi connectivity index (χ4v) is 6.24. The molecule has 5 rings (SSSR count). The van der Waals surface area contributed by atoms with Crippen molar-refractivity contribution < 1.29 is 37.0 Å². The zero-order valence-corrected chi connectivity index (χ0v) is 23.1. The highest BCUT2D eigenvalue weighted by Gasteiger charge is 2.58. The van der Waals surface area contributed by atoms with E-state index in [-0.39, 0.29) is 36.4 Å². The van der Waals surface area contributed by atoms with Crippen molar-refractivity contribution in [1.82, 2.24) is 14.8 Å². The fraction of sp³-hybridized carbons (Fsp3) is 0.567. The molecule has 41 heavy (non-hydrogen) atoms. The zero-order valence-electron chi connectivity index (χ0n) is 23.1. The number of hydrogen-bond acceptors (Lipinski definition) is 5. The van der Waals surface area contributed by atoms with Crippen molar-refractivity contribution in [2.45, 2.75) is 63.6 Å². The number of pyridine rings is 1. The average molecular weight is 578 g/mol. The second kappa shape index (κ2) is 11.2. The molecule has 1 aromatic heterocycles. The van der Waals surface area contributed by atoms with Gasteiger partial charge in [0.25, 0.3) is 5.91 Å². The van der Waals surface area contributed by atoms with Gasteiger partial charge >= 0.3 is 12.1 Å². The summed E-state index contributed by atoms with van der Waals surface area (Å²) in [4.78, 5) is 32.2. The maximum absolute atomic E-state index is 15.0. The van der Waals surface area contributed by atoms with Crippen LogP contribution in [0.25, 0.3) is 11.3 Å². The monoisotopic (exact) mass is 577 g/mol. The van der Waals surface area contributed by atoms with E-state index in [9.17, 15) is 27.9 Å². The smallest absolute Gasteiger partial charge is 0.395 e. The Morgan fingerprint density at radius 1 is 1.07 bits per heavy atom. The number of carboxylic acid groups (broad SMARTS) is 1. The number of likely N-dealkylation sites (tertiary alicyclic amines) is 2. The minimum Gasteiger partial charge on any atom is -0.492 e. The minimum absolute atomic E-state index is 0.0767. The first-order valence-corrected chi connectivity index (χ1v) is 14.2. The number of halogens is 4. The molecule has 222 valence electrons. The number of ether oxygens (including phenoxy) is 1. The summed E-state index contributed by atoms with van der Waals surface area (Å²) in [6, 6.07) is 7.34. The summed E-state index contributed by atoms with van der Waals surface area (Å²) in [7, 11) is 0. The van der Waals surface area contributed by atoms with E-state index < -0.39 is 34.8 Å². The number of benzene rings is 1. The summed E-state index contributed by atoms with van der Waals surface area (Å²) < 4.78 is 61.4. The highest BCUT2D eigenvalue weighted by atomic mass is 19.4. The van der Waals surface area contributed by atoms with Crippen molar-refractivity contribution in [3.63, 3.8) is 0 Å². The molecule has 2 aliphatic heterocycles. The molecule has 0 spiro atoms. The number of piperidine rings is 1. The van der Waals surface area contributed by atoms with E-state index >= 15 is 4.39 Å². The Morgan fingerprint density at radius 2 is 1.80 bits per heavy atom. The van der Waals surface area contributed by atoms with Crippen LogP contribution in [0.2, 0.25) is 0 Å². The molecule has 1 aliphatic carbocycles. The summed E-state index contributed by atoms with van der Waals surface area (Å²) in [5, 5.41) is 9.58. The third-order valence-electron chi connectivity index (χ3n) is 9.21. The molecule has 2 saturated heterocycles. The fourth-order valence-electron chi connectivity index (χ4n) is 6.24. The van der Waals surface area contributed by atoms with Crippen molar-refractivity contribution in [3.05, 3.63) is 47.9 Å². The number of carboxylic acids is 1. The molecule has 11 heteroatoms. The van der Waals surface area contributed by atoms with Gasteiger partial charge in [0.1, 0.15) is 17.1 Å². The number of aliphatic carboxylic acids is 1. The van der Waals surface area contributed by atoms with Crippen LogP contribution in [0.4, 0.5) is 17.6 Å². The molecule has 1 aromatic carbocycles. The maximum Gasteiger partial charge on any atom is 0.395 e. The lowest BCUT2D eigenvalue weighted by molar-refractivity contribution is -0.256.